The molecular formula is C10H7ClN2O. The van der Waals surface area contributed by atoms with Crippen LogP contribution >= 0.6 is 11.6 Å². The van der Waals surface area contributed by atoms with Gasteiger partial charge in [-0.15, -0.1) is 0 Å². The zero-order chi connectivity index (χ0) is 9.97. The van der Waals surface area contributed by atoms with E-state index in [1.54, 1.807) is 6.07 Å². The number of fused-ring (bicyclic) bond motifs is 1. The van der Waals surface area contributed by atoms with Gasteiger partial charge in [0.15, 0.2) is 5.17 Å². The van der Waals surface area contributed by atoms with Gasteiger partial charge in [0.2, 0.25) is 0 Å². The van der Waals surface area contributed by atoms with Crippen LogP contribution in [0.1, 0.15) is 5.69 Å². The fourth-order valence-electron chi connectivity index (χ4n) is 1.23. The van der Waals surface area contributed by atoms with Crippen LogP contribution in [0.4, 0.5) is 0 Å². The van der Waals surface area contributed by atoms with Crippen molar-refractivity contribution in [2.75, 3.05) is 0 Å². The van der Waals surface area contributed by atoms with Gasteiger partial charge in [0, 0.05) is 5.39 Å². The minimum atomic E-state index is -0.00393. The van der Waals surface area contributed by atoms with Crippen LogP contribution in [0.5, 0.6) is 0 Å². The number of hydrogen-bond acceptors (Lipinski definition) is 3. The summed E-state index contributed by atoms with van der Waals surface area (Å²) in [5.74, 6) is 0. The van der Waals surface area contributed by atoms with E-state index in [0.717, 1.165) is 10.9 Å². The summed E-state index contributed by atoms with van der Waals surface area (Å²) in [6.45, 7) is 0. The first-order chi connectivity index (χ1) is 6.81. The number of halogens is 1. The molecule has 0 bridgehead atoms. The minimum absolute atomic E-state index is 0.00393. The van der Waals surface area contributed by atoms with Crippen molar-refractivity contribution in [1.29, 1.82) is 0 Å². The largest absolute Gasteiger partial charge is 0.410 e. The molecule has 0 aliphatic heterocycles. The molecule has 0 atom stereocenters. The zero-order valence-corrected chi connectivity index (χ0v) is 7.94. The molecule has 0 amide bonds. The number of para-hydroxylation sites is 1. The third-order valence-electron chi connectivity index (χ3n) is 1.90. The van der Waals surface area contributed by atoms with Crippen LogP contribution < -0.4 is 0 Å². The van der Waals surface area contributed by atoms with Gasteiger partial charge in [-0.05, 0) is 12.1 Å². The van der Waals surface area contributed by atoms with E-state index in [9.17, 15) is 0 Å². The first kappa shape index (κ1) is 8.97. The molecule has 0 fully saturated rings. The Morgan fingerprint density at radius 1 is 1.21 bits per heavy atom. The van der Waals surface area contributed by atoms with Crippen LogP contribution in [0.25, 0.3) is 10.9 Å². The Morgan fingerprint density at radius 3 is 2.79 bits per heavy atom. The summed E-state index contributed by atoms with van der Waals surface area (Å²) in [4.78, 5) is 4.22. The molecule has 3 nitrogen and oxygen atoms in total. The molecule has 0 saturated carbocycles. The summed E-state index contributed by atoms with van der Waals surface area (Å²) in [5.41, 5.74) is 1.29. The van der Waals surface area contributed by atoms with E-state index in [1.807, 2.05) is 30.3 Å². The second kappa shape index (κ2) is 3.64. The van der Waals surface area contributed by atoms with Gasteiger partial charge in [-0.1, -0.05) is 41.0 Å². The van der Waals surface area contributed by atoms with Gasteiger partial charge in [0.05, 0.1) is 5.52 Å². The summed E-state index contributed by atoms with van der Waals surface area (Å²) < 4.78 is 0. The second-order valence-electron chi connectivity index (χ2n) is 2.78. The van der Waals surface area contributed by atoms with Gasteiger partial charge in [0.1, 0.15) is 5.69 Å². The van der Waals surface area contributed by atoms with Crippen LogP contribution in [0.15, 0.2) is 41.6 Å². The van der Waals surface area contributed by atoms with Crippen molar-refractivity contribution in [1.82, 2.24) is 4.98 Å². The lowest BCUT2D eigenvalue weighted by molar-refractivity contribution is 0.320. The fourth-order valence-corrected chi connectivity index (χ4v) is 1.34. The number of aromatic nitrogens is 1. The molecule has 70 valence electrons. The topological polar surface area (TPSA) is 45.5 Å². The number of nitrogens with zero attached hydrogens (tertiary/aromatic N) is 2. The first-order valence-corrected chi connectivity index (χ1v) is 4.43. The molecule has 1 aromatic heterocycles. The average molecular weight is 207 g/mol. The third kappa shape index (κ3) is 1.54. The van der Waals surface area contributed by atoms with Gasteiger partial charge in [-0.2, -0.15) is 0 Å². The SMILES string of the molecule is ON=C(Cl)c1ccc2ccccc2n1. The molecule has 0 unspecified atom stereocenters. The number of rotatable bonds is 1. The molecule has 0 aliphatic carbocycles. The summed E-state index contributed by atoms with van der Waals surface area (Å²) in [6.07, 6.45) is 0. The molecule has 2 aromatic rings. The Hall–Kier alpha value is -1.61. The van der Waals surface area contributed by atoms with Crippen molar-refractivity contribution >= 4 is 27.7 Å². The molecule has 0 spiro atoms. The summed E-state index contributed by atoms with van der Waals surface area (Å²) in [6, 6.07) is 11.3. The van der Waals surface area contributed by atoms with E-state index in [1.165, 1.54) is 0 Å². The second-order valence-corrected chi connectivity index (χ2v) is 3.14. The van der Waals surface area contributed by atoms with E-state index in [2.05, 4.69) is 10.1 Å². The number of oxime groups is 1. The Labute approximate surface area is 85.6 Å². The third-order valence-corrected chi connectivity index (χ3v) is 2.17. The Bertz CT molecular complexity index is 496. The van der Waals surface area contributed by atoms with Gasteiger partial charge < -0.3 is 5.21 Å². The van der Waals surface area contributed by atoms with Crippen LogP contribution in [0.2, 0.25) is 0 Å². The monoisotopic (exact) mass is 206 g/mol. The highest BCUT2D eigenvalue weighted by Gasteiger charge is 2.02. The Kier molecular flexibility index (Phi) is 2.33. The molecule has 0 radical (unpaired) electrons. The normalized spacial score (nSPS) is 11.9. The highest BCUT2D eigenvalue weighted by atomic mass is 35.5. The molecule has 4 heteroatoms. The predicted molar refractivity (Wildman–Crippen MR) is 55.9 cm³/mol. The maximum atomic E-state index is 8.48. The molecule has 0 aliphatic rings. The zero-order valence-electron chi connectivity index (χ0n) is 7.18. The molecule has 1 heterocycles. The van der Waals surface area contributed by atoms with E-state index in [4.69, 9.17) is 16.8 Å². The van der Waals surface area contributed by atoms with Crippen LogP contribution in [-0.4, -0.2) is 15.4 Å². The van der Waals surface area contributed by atoms with Crippen molar-refractivity contribution in [3.63, 3.8) is 0 Å². The van der Waals surface area contributed by atoms with Crippen molar-refractivity contribution in [2.24, 2.45) is 5.16 Å². The van der Waals surface area contributed by atoms with Gasteiger partial charge in [0.25, 0.3) is 0 Å². The smallest absolute Gasteiger partial charge is 0.193 e. The molecule has 0 saturated heterocycles. The van der Waals surface area contributed by atoms with Crippen LogP contribution in [0, 0.1) is 0 Å². The Balaban J connectivity index is 2.62. The maximum Gasteiger partial charge on any atom is 0.193 e. The van der Waals surface area contributed by atoms with Crippen molar-refractivity contribution in [3.8, 4) is 0 Å². The van der Waals surface area contributed by atoms with Crippen LogP contribution in [0.3, 0.4) is 0 Å². The highest BCUT2D eigenvalue weighted by molar-refractivity contribution is 6.69. The standard InChI is InChI=1S/C10H7ClN2O/c11-10(13-14)9-6-5-7-3-1-2-4-8(7)12-9/h1-6,14H. The number of pyridine rings is 1. The molecule has 2 rings (SSSR count). The molecule has 14 heavy (non-hydrogen) atoms. The lowest BCUT2D eigenvalue weighted by atomic mass is 10.2. The van der Waals surface area contributed by atoms with E-state index in [0.29, 0.717) is 5.69 Å². The highest BCUT2D eigenvalue weighted by Crippen LogP contribution is 2.12. The lowest BCUT2D eigenvalue weighted by Crippen LogP contribution is -1.95. The number of benzene rings is 1. The van der Waals surface area contributed by atoms with Crippen LogP contribution in [-0.2, 0) is 0 Å². The van der Waals surface area contributed by atoms with E-state index >= 15 is 0 Å². The maximum absolute atomic E-state index is 8.48. The van der Waals surface area contributed by atoms with E-state index in [-0.39, 0.29) is 5.17 Å². The summed E-state index contributed by atoms with van der Waals surface area (Å²) in [5, 5.41) is 12.4. The lowest BCUT2D eigenvalue weighted by Gasteiger charge is -1.99. The van der Waals surface area contributed by atoms with Crippen molar-refractivity contribution in [2.45, 2.75) is 0 Å². The first-order valence-electron chi connectivity index (χ1n) is 4.05. The van der Waals surface area contributed by atoms with Crippen molar-refractivity contribution < 1.29 is 5.21 Å². The molecule has 1 aromatic carbocycles. The predicted octanol–water partition coefficient (Wildman–Crippen LogP) is 2.61. The average Bonchev–Trinajstić information content (AvgIpc) is 2.27. The quantitative estimate of drug-likeness (QED) is 0.443. The van der Waals surface area contributed by atoms with Crippen molar-refractivity contribution in [3.05, 3.63) is 42.1 Å². The molecule has 1 N–H and O–H groups in total. The minimum Gasteiger partial charge on any atom is -0.410 e. The van der Waals surface area contributed by atoms with E-state index < -0.39 is 0 Å². The van der Waals surface area contributed by atoms with Gasteiger partial charge >= 0.3 is 0 Å². The summed E-state index contributed by atoms with van der Waals surface area (Å²) >= 11 is 5.63. The van der Waals surface area contributed by atoms with Gasteiger partial charge in [-0.3, -0.25) is 0 Å². The molecular weight excluding hydrogens is 200 g/mol. The van der Waals surface area contributed by atoms with Gasteiger partial charge in [-0.25, -0.2) is 4.98 Å². The Morgan fingerprint density at radius 2 is 2.00 bits per heavy atom. The number of hydrogen-bond donors (Lipinski definition) is 1. The summed E-state index contributed by atoms with van der Waals surface area (Å²) in [7, 11) is 0. The fraction of sp³-hybridized carbons (Fsp3) is 0.